The van der Waals surface area contributed by atoms with Gasteiger partial charge in [-0.2, -0.15) is 5.10 Å². The molecule has 0 unspecified atom stereocenters. The maximum Gasteiger partial charge on any atom is 0.246 e. The number of aryl methyl sites for hydroxylation is 1. The molecule has 1 aliphatic heterocycles. The number of nitrogens with zero attached hydrogens (tertiary/aromatic N) is 3. The van der Waals surface area contributed by atoms with Gasteiger partial charge in [0.15, 0.2) is 0 Å². The van der Waals surface area contributed by atoms with E-state index < -0.39 is 0 Å². The summed E-state index contributed by atoms with van der Waals surface area (Å²) in [4.78, 5) is 13.8. The second-order valence-corrected chi connectivity index (χ2v) is 6.17. The van der Waals surface area contributed by atoms with Gasteiger partial charge in [0.25, 0.3) is 0 Å². The average molecular weight is 346 g/mol. The summed E-state index contributed by atoms with van der Waals surface area (Å²) in [6, 6.07) is 7.79. The minimum absolute atomic E-state index is 0.0252. The monoisotopic (exact) mass is 345 g/mol. The Morgan fingerprint density at radius 2 is 2.21 bits per heavy atom. The van der Waals surface area contributed by atoms with Gasteiger partial charge in [-0.25, -0.2) is 4.68 Å². The highest BCUT2D eigenvalue weighted by atomic mass is 35.5. The number of likely N-dealkylation sites (tertiary alicyclic amines) is 1. The smallest absolute Gasteiger partial charge is 0.246 e. The molecule has 24 heavy (non-hydrogen) atoms. The average Bonchev–Trinajstić information content (AvgIpc) is 2.78. The summed E-state index contributed by atoms with van der Waals surface area (Å²) in [6.07, 6.45) is 4.41. The summed E-state index contributed by atoms with van der Waals surface area (Å²) in [5.41, 5.74) is 2.63. The molecule has 0 atom stereocenters. The van der Waals surface area contributed by atoms with Crippen molar-refractivity contribution in [2.75, 3.05) is 20.2 Å². The minimum atomic E-state index is 0.0252. The van der Waals surface area contributed by atoms with Crippen LogP contribution in [-0.2, 0) is 11.3 Å². The fourth-order valence-corrected chi connectivity index (χ4v) is 2.90. The van der Waals surface area contributed by atoms with Crippen LogP contribution in [0.2, 0.25) is 5.15 Å². The Balaban J connectivity index is 1.78. The molecule has 0 spiro atoms. The zero-order chi connectivity index (χ0) is 17.1. The zero-order valence-electron chi connectivity index (χ0n) is 13.8. The quantitative estimate of drug-likeness (QED) is 0.782. The first kappa shape index (κ1) is 16.6. The van der Waals surface area contributed by atoms with Crippen molar-refractivity contribution < 1.29 is 9.53 Å². The molecule has 126 valence electrons. The van der Waals surface area contributed by atoms with Gasteiger partial charge in [-0.15, -0.1) is 0 Å². The maximum absolute atomic E-state index is 11.9. The predicted octanol–water partition coefficient (Wildman–Crippen LogP) is 3.15. The van der Waals surface area contributed by atoms with E-state index in [0.29, 0.717) is 11.7 Å². The highest BCUT2D eigenvalue weighted by Crippen LogP contribution is 2.23. The molecule has 6 heteroatoms. The van der Waals surface area contributed by atoms with Gasteiger partial charge in [-0.1, -0.05) is 23.7 Å². The van der Waals surface area contributed by atoms with Gasteiger partial charge in [0.1, 0.15) is 10.9 Å². The number of carbonyl (C=O) groups excluding carboxylic acids is 1. The molecular formula is C18H20ClN3O2. The Morgan fingerprint density at radius 3 is 2.88 bits per heavy atom. The standard InChI is InChI=1S/C18H20ClN3O2/c1-13-16(7-8-17(23)21-9-4-10-21)18(19)22(20-13)12-14-5-3-6-15(11-14)24-2/h3,5-8,11H,4,9-10,12H2,1-2H3/b8-7+. The van der Waals surface area contributed by atoms with Crippen molar-refractivity contribution in [3.05, 3.63) is 52.3 Å². The number of ether oxygens (including phenoxy) is 1. The van der Waals surface area contributed by atoms with Crippen LogP contribution in [0.15, 0.2) is 30.3 Å². The molecule has 3 rings (SSSR count). The molecule has 0 N–H and O–H groups in total. The predicted molar refractivity (Wildman–Crippen MR) is 94.3 cm³/mol. The lowest BCUT2D eigenvalue weighted by atomic mass is 10.2. The van der Waals surface area contributed by atoms with Gasteiger partial charge in [0, 0.05) is 24.7 Å². The van der Waals surface area contributed by atoms with Crippen molar-refractivity contribution in [1.82, 2.24) is 14.7 Å². The SMILES string of the molecule is COc1cccc(Cn2nc(C)c(/C=C/C(=O)N3CCC3)c2Cl)c1. The molecule has 1 amide bonds. The van der Waals surface area contributed by atoms with Crippen LogP contribution in [0.3, 0.4) is 0 Å². The summed E-state index contributed by atoms with van der Waals surface area (Å²) >= 11 is 6.46. The second kappa shape index (κ2) is 7.09. The Labute approximate surface area is 146 Å². The van der Waals surface area contributed by atoms with E-state index in [1.54, 1.807) is 28.8 Å². The van der Waals surface area contributed by atoms with E-state index in [2.05, 4.69) is 5.10 Å². The Bertz CT molecular complexity index is 779. The number of hydrogen-bond acceptors (Lipinski definition) is 3. The van der Waals surface area contributed by atoms with Crippen LogP contribution in [0.1, 0.15) is 23.2 Å². The summed E-state index contributed by atoms with van der Waals surface area (Å²) in [5.74, 6) is 0.824. The van der Waals surface area contributed by atoms with Crippen molar-refractivity contribution in [3.63, 3.8) is 0 Å². The van der Waals surface area contributed by atoms with Crippen molar-refractivity contribution >= 4 is 23.6 Å². The Hall–Kier alpha value is -2.27. The van der Waals surface area contributed by atoms with E-state index >= 15 is 0 Å². The number of amides is 1. The molecule has 1 aromatic carbocycles. The molecule has 0 bridgehead atoms. The van der Waals surface area contributed by atoms with E-state index in [1.165, 1.54) is 0 Å². The number of halogens is 1. The normalized spacial score (nSPS) is 14.0. The highest BCUT2D eigenvalue weighted by molar-refractivity contribution is 6.31. The van der Waals surface area contributed by atoms with Gasteiger partial charge in [-0.3, -0.25) is 4.79 Å². The van der Waals surface area contributed by atoms with E-state index in [-0.39, 0.29) is 5.91 Å². The molecule has 1 aromatic heterocycles. The van der Waals surface area contributed by atoms with Gasteiger partial charge >= 0.3 is 0 Å². The molecule has 5 nitrogen and oxygen atoms in total. The number of aromatic nitrogens is 2. The molecule has 0 saturated carbocycles. The van der Waals surface area contributed by atoms with Gasteiger partial charge < -0.3 is 9.64 Å². The lowest BCUT2D eigenvalue weighted by Gasteiger charge is -2.29. The fraction of sp³-hybridized carbons (Fsp3) is 0.333. The molecule has 0 aliphatic carbocycles. The molecule has 1 fully saturated rings. The van der Waals surface area contributed by atoms with E-state index in [9.17, 15) is 4.79 Å². The molecule has 1 saturated heterocycles. The molecule has 2 heterocycles. The fourth-order valence-electron chi connectivity index (χ4n) is 2.60. The van der Waals surface area contributed by atoms with Crippen molar-refractivity contribution in [3.8, 4) is 5.75 Å². The topological polar surface area (TPSA) is 47.4 Å². The van der Waals surface area contributed by atoms with Gasteiger partial charge in [-0.05, 0) is 37.1 Å². The number of methoxy groups -OCH3 is 1. The first-order valence-electron chi connectivity index (χ1n) is 7.91. The first-order valence-corrected chi connectivity index (χ1v) is 8.29. The lowest BCUT2D eigenvalue weighted by Crippen LogP contribution is -2.40. The summed E-state index contributed by atoms with van der Waals surface area (Å²) < 4.78 is 6.97. The van der Waals surface area contributed by atoms with Crippen LogP contribution in [0.4, 0.5) is 0 Å². The Kier molecular flexibility index (Phi) is 4.90. The third kappa shape index (κ3) is 3.46. The van der Waals surface area contributed by atoms with Crippen molar-refractivity contribution in [1.29, 1.82) is 0 Å². The lowest BCUT2D eigenvalue weighted by molar-refractivity contribution is -0.129. The third-order valence-electron chi connectivity index (χ3n) is 4.14. The molecule has 0 radical (unpaired) electrons. The number of benzene rings is 1. The molecule has 1 aliphatic rings. The van der Waals surface area contributed by atoms with Crippen LogP contribution in [0.5, 0.6) is 5.75 Å². The number of carbonyl (C=O) groups is 1. The largest absolute Gasteiger partial charge is 0.497 e. The van der Waals surface area contributed by atoms with Crippen LogP contribution >= 0.6 is 11.6 Å². The summed E-state index contributed by atoms with van der Waals surface area (Å²) in [5, 5.41) is 5.02. The van der Waals surface area contributed by atoms with Crippen LogP contribution in [0.25, 0.3) is 6.08 Å². The maximum atomic E-state index is 11.9. The van der Waals surface area contributed by atoms with Crippen LogP contribution < -0.4 is 4.74 Å². The van der Waals surface area contributed by atoms with Crippen LogP contribution in [-0.4, -0.2) is 40.8 Å². The van der Waals surface area contributed by atoms with E-state index in [1.807, 2.05) is 31.2 Å². The number of rotatable bonds is 5. The Morgan fingerprint density at radius 1 is 1.42 bits per heavy atom. The second-order valence-electron chi connectivity index (χ2n) is 5.81. The number of hydrogen-bond donors (Lipinski definition) is 0. The molecule has 2 aromatic rings. The summed E-state index contributed by atoms with van der Waals surface area (Å²) in [6.45, 7) is 4.11. The van der Waals surface area contributed by atoms with E-state index in [0.717, 1.165) is 42.1 Å². The van der Waals surface area contributed by atoms with Crippen molar-refractivity contribution in [2.45, 2.75) is 19.9 Å². The first-order chi connectivity index (χ1) is 11.6. The van der Waals surface area contributed by atoms with E-state index in [4.69, 9.17) is 16.3 Å². The summed E-state index contributed by atoms with van der Waals surface area (Å²) in [7, 11) is 1.64. The highest BCUT2D eigenvalue weighted by Gasteiger charge is 2.18. The third-order valence-corrected chi connectivity index (χ3v) is 4.53. The van der Waals surface area contributed by atoms with Gasteiger partial charge in [0.05, 0.1) is 19.3 Å². The van der Waals surface area contributed by atoms with Crippen molar-refractivity contribution in [2.24, 2.45) is 0 Å². The van der Waals surface area contributed by atoms with Gasteiger partial charge in [0.2, 0.25) is 5.91 Å². The minimum Gasteiger partial charge on any atom is -0.497 e. The molecular weight excluding hydrogens is 326 g/mol. The van der Waals surface area contributed by atoms with Crippen LogP contribution in [0, 0.1) is 6.92 Å². The zero-order valence-corrected chi connectivity index (χ0v) is 14.6.